The average Bonchev–Trinajstić information content (AvgIpc) is 3.45. The summed E-state index contributed by atoms with van der Waals surface area (Å²) in [5.41, 5.74) is 4.06. The molecule has 0 N–H and O–H groups in total. The molecule has 0 radical (unpaired) electrons. The zero-order valence-corrected chi connectivity index (χ0v) is 19.5. The molecule has 6 rings (SSSR count). The number of ether oxygens (including phenoxy) is 1. The first-order valence-electron chi connectivity index (χ1n) is 11.3. The molecule has 2 aliphatic rings. The van der Waals surface area contributed by atoms with Crippen LogP contribution in [0.1, 0.15) is 31.9 Å². The largest absolute Gasteiger partial charge is 0.463 e. The summed E-state index contributed by atoms with van der Waals surface area (Å²) in [5.74, 6) is 1.82. The highest BCUT2D eigenvalue weighted by molar-refractivity contribution is 7.26. The minimum Gasteiger partial charge on any atom is -0.463 e. The molecule has 0 unspecified atom stereocenters. The van der Waals surface area contributed by atoms with Crippen molar-refractivity contribution < 1.29 is 9.15 Å². The summed E-state index contributed by atoms with van der Waals surface area (Å²) in [5, 5.41) is 1.16. The Hall–Kier alpha value is -2.55. The standard InChI is InChI=1S/C24H27N5O2S/c1-4-28-7-9-29(10-8-28)22-21-20(25-14-26-22)18-15-12-24(2,3)31-13-16(15)19(27-23(18)32-21)17-6-5-11-30-17/h5-6,11,14H,4,7-10,12-13H2,1-3H3. The Bertz CT molecular complexity index is 1290. The molecule has 0 amide bonds. The van der Waals surface area contributed by atoms with E-state index in [1.54, 1.807) is 23.9 Å². The zero-order valence-electron chi connectivity index (χ0n) is 18.7. The summed E-state index contributed by atoms with van der Waals surface area (Å²) >= 11 is 1.70. The molecule has 0 aliphatic carbocycles. The van der Waals surface area contributed by atoms with E-state index in [-0.39, 0.29) is 5.60 Å². The Balaban J connectivity index is 1.57. The van der Waals surface area contributed by atoms with Crippen LogP contribution in [0.5, 0.6) is 0 Å². The van der Waals surface area contributed by atoms with Crippen LogP contribution in [0.25, 0.3) is 31.9 Å². The van der Waals surface area contributed by atoms with E-state index in [4.69, 9.17) is 24.1 Å². The predicted octanol–water partition coefficient (Wildman–Crippen LogP) is 4.49. The number of hydrogen-bond acceptors (Lipinski definition) is 8. The van der Waals surface area contributed by atoms with Crippen molar-refractivity contribution >= 4 is 37.6 Å². The molecular weight excluding hydrogens is 422 g/mol. The second-order valence-electron chi connectivity index (χ2n) is 9.20. The van der Waals surface area contributed by atoms with Gasteiger partial charge in [0.05, 0.1) is 28.7 Å². The van der Waals surface area contributed by atoms with Gasteiger partial charge in [0.2, 0.25) is 0 Å². The summed E-state index contributed by atoms with van der Waals surface area (Å²) in [4.78, 5) is 20.4. The van der Waals surface area contributed by atoms with Gasteiger partial charge in [0, 0.05) is 43.5 Å². The highest BCUT2D eigenvalue weighted by atomic mass is 32.1. The number of furan rings is 1. The molecular formula is C24H27N5O2S. The first kappa shape index (κ1) is 20.1. The summed E-state index contributed by atoms with van der Waals surface area (Å²) in [6.45, 7) is 12.2. The molecule has 4 aromatic heterocycles. The van der Waals surface area contributed by atoms with Crippen LogP contribution >= 0.6 is 11.3 Å². The molecule has 2 aliphatic heterocycles. The molecule has 0 bridgehead atoms. The van der Waals surface area contributed by atoms with Crippen LogP contribution in [-0.4, -0.2) is 58.2 Å². The van der Waals surface area contributed by atoms with Crippen molar-refractivity contribution in [2.45, 2.75) is 39.4 Å². The number of aromatic nitrogens is 3. The number of pyridine rings is 1. The first-order valence-corrected chi connectivity index (χ1v) is 12.1. The first-order chi connectivity index (χ1) is 15.5. The van der Waals surface area contributed by atoms with Crippen LogP contribution in [0.15, 0.2) is 29.1 Å². The lowest BCUT2D eigenvalue weighted by molar-refractivity contribution is -0.0395. The van der Waals surface area contributed by atoms with Crippen molar-refractivity contribution in [1.29, 1.82) is 0 Å². The second kappa shape index (κ2) is 7.50. The minimum atomic E-state index is -0.234. The lowest BCUT2D eigenvalue weighted by Crippen LogP contribution is -2.46. The Labute approximate surface area is 191 Å². The van der Waals surface area contributed by atoms with E-state index >= 15 is 0 Å². The molecule has 0 atom stereocenters. The van der Waals surface area contributed by atoms with Crippen LogP contribution in [0, 0.1) is 0 Å². The van der Waals surface area contributed by atoms with Gasteiger partial charge in [0.15, 0.2) is 5.76 Å². The normalized spacial score (nSPS) is 19.0. The lowest BCUT2D eigenvalue weighted by Gasteiger charge is -2.34. The molecule has 166 valence electrons. The second-order valence-corrected chi connectivity index (χ2v) is 10.2. The highest BCUT2D eigenvalue weighted by Gasteiger charge is 2.33. The SMILES string of the molecule is CCN1CCN(c2ncnc3c2sc2nc(-c4ccco4)c4c(c23)CC(C)(C)OC4)CC1. The lowest BCUT2D eigenvalue weighted by atomic mass is 9.89. The van der Waals surface area contributed by atoms with Gasteiger partial charge in [-0.2, -0.15) is 0 Å². The van der Waals surface area contributed by atoms with Gasteiger partial charge >= 0.3 is 0 Å². The highest BCUT2D eigenvalue weighted by Crippen LogP contribution is 2.44. The van der Waals surface area contributed by atoms with E-state index in [2.05, 4.69) is 30.6 Å². The quantitative estimate of drug-likeness (QED) is 0.456. The smallest absolute Gasteiger partial charge is 0.152 e. The fraction of sp³-hybridized carbons (Fsp3) is 0.458. The van der Waals surface area contributed by atoms with Crippen molar-refractivity contribution in [3.8, 4) is 11.5 Å². The fourth-order valence-corrected chi connectivity index (χ4v) is 6.09. The Morgan fingerprint density at radius 2 is 1.97 bits per heavy atom. The van der Waals surface area contributed by atoms with Crippen molar-refractivity contribution in [1.82, 2.24) is 19.9 Å². The van der Waals surface area contributed by atoms with E-state index in [0.717, 1.165) is 82.4 Å². The zero-order chi connectivity index (χ0) is 21.9. The van der Waals surface area contributed by atoms with E-state index in [1.165, 1.54) is 5.56 Å². The van der Waals surface area contributed by atoms with Crippen molar-refractivity contribution in [3.05, 3.63) is 35.9 Å². The fourth-order valence-electron chi connectivity index (χ4n) is 4.91. The monoisotopic (exact) mass is 449 g/mol. The molecule has 7 nitrogen and oxygen atoms in total. The summed E-state index contributed by atoms with van der Waals surface area (Å²) < 4.78 is 13.1. The third-order valence-electron chi connectivity index (χ3n) is 6.68. The molecule has 6 heterocycles. The Morgan fingerprint density at radius 3 is 2.72 bits per heavy atom. The van der Waals surface area contributed by atoms with Gasteiger partial charge in [-0.3, -0.25) is 0 Å². The maximum atomic E-state index is 6.18. The van der Waals surface area contributed by atoms with Crippen molar-refractivity contribution in [3.63, 3.8) is 0 Å². The van der Waals surface area contributed by atoms with E-state index in [0.29, 0.717) is 6.61 Å². The number of fused-ring (bicyclic) bond motifs is 5. The number of likely N-dealkylation sites (N-methyl/N-ethyl adjacent to an activating group) is 1. The topological polar surface area (TPSA) is 67.5 Å². The number of hydrogen-bond donors (Lipinski definition) is 0. The minimum absolute atomic E-state index is 0.234. The maximum Gasteiger partial charge on any atom is 0.152 e. The van der Waals surface area contributed by atoms with Gasteiger partial charge in [-0.05, 0) is 38.1 Å². The maximum absolute atomic E-state index is 6.18. The summed E-state index contributed by atoms with van der Waals surface area (Å²) in [7, 11) is 0. The van der Waals surface area contributed by atoms with Crippen LogP contribution in [0.4, 0.5) is 5.82 Å². The van der Waals surface area contributed by atoms with Gasteiger partial charge in [0.1, 0.15) is 22.7 Å². The molecule has 4 aromatic rings. The number of piperazine rings is 1. The number of nitrogens with zero attached hydrogens (tertiary/aromatic N) is 5. The number of anilines is 1. The van der Waals surface area contributed by atoms with Gasteiger partial charge < -0.3 is 19.0 Å². The van der Waals surface area contributed by atoms with Gasteiger partial charge in [-0.15, -0.1) is 11.3 Å². The number of rotatable bonds is 3. The third kappa shape index (κ3) is 3.20. The van der Waals surface area contributed by atoms with Gasteiger partial charge in [0.25, 0.3) is 0 Å². The van der Waals surface area contributed by atoms with E-state index in [1.807, 2.05) is 12.1 Å². The van der Waals surface area contributed by atoms with Gasteiger partial charge in [-0.1, -0.05) is 6.92 Å². The Kier molecular flexibility index (Phi) is 4.71. The van der Waals surface area contributed by atoms with Crippen molar-refractivity contribution in [2.75, 3.05) is 37.6 Å². The van der Waals surface area contributed by atoms with Crippen LogP contribution in [0.2, 0.25) is 0 Å². The third-order valence-corrected chi connectivity index (χ3v) is 7.75. The van der Waals surface area contributed by atoms with Crippen LogP contribution in [-0.2, 0) is 17.8 Å². The Morgan fingerprint density at radius 1 is 1.12 bits per heavy atom. The molecule has 1 saturated heterocycles. The van der Waals surface area contributed by atoms with Gasteiger partial charge in [-0.25, -0.2) is 15.0 Å². The molecule has 32 heavy (non-hydrogen) atoms. The number of thiophene rings is 1. The van der Waals surface area contributed by atoms with Crippen molar-refractivity contribution in [2.24, 2.45) is 0 Å². The molecule has 0 aromatic carbocycles. The predicted molar refractivity (Wildman–Crippen MR) is 127 cm³/mol. The average molecular weight is 450 g/mol. The molecule has 8 heteroatoms. The van der Waals surface area contributed by atoms with E-state index in [9.17, 15) is 0 Å². The summed E-state index contributed by atoms with van der Waals surface area (Å²) in [6, 6.07) is 3.88. The summed E-state index contributed by atoms with van der Waals surface area (Å²) in [6.07, 6.45) is 4.23. The molecule has 1 fully saturated rings. The van der Waals surface area contributed by atoms with Crippen LogP contribution < -0.4 is 4.90 Å². The van der Waals surface area contributed by atoms with E-state index < -0.39 is 0 Å². The molecule has 0 spiro atoms. The molecule has 0 saturated carbocycles. The van der Waals surface area contributed by atoms with Crippen LogP contribution in [0.3, 0.4) is 0 Å².